The number of nitrogens with two attached hydrogens (primary N) is 1. The molecule has 1 atom stereocenters. The fourth-order valence-corrected chi connectivity index (χ4v) is 1.37. The van der Waals surface area contributed by atoms with E-state index in [1.807, 2.05) is 19.1 Å². The van der Waals surface area contributed by atoms with Gasteiger partial charge in [-0.3, -0.25) is 0 Å². The van der Waals surface area contributed by atoms with Gasteiger partial charge in [0.25, 0.3) is 0 Å². The molecule has 0 aliphatic heterocycles. The molecule has 0 fully saturated rings. The van der Waals surface area contributed by atoms with E-state index in [9.17, 15) is 0 Å². The molecule has 0 aliphatic carbocycles. The Kier molecular flexibility index (Phi) is 2.78. The van der Waals surface area contributed by atoms with Gasteiger partial charge in [-0.05, 0) is 19.1 Å². The average Bonchev–Trinajstić information content (AvgIpc) is 2.69. The van der Waals surface area contributed by atoms with E-state index in [-0.39, 0.29) is 6.04 Å². The highest BCUT2D eigenvalue weighted by molar-refractivity contribution is 5.52. The fraction of sp³-hybridized carbons (Fsp3) is 0.273. The molecular weight excluding hydrogens is 190 g/mol. The van der Waals surface area contributed by atoms with Crippen molar-refractivity contribution in [2.45, 2.75) is 19.4 Å². The second-order valence-electron chi connectivity index (χ2n) is 3.57. The second kappa shape index (κ2) is 4.23. The van der Waals surface area contributed by atoms with E-state index in [1.54, 1.807) is 18.7 Å². The third-order valence-corrected chi connectivity index (χ3v) is 2.02. The van der Waals surface area contributed by atoms with Crippen molar-refractivity contribution < 1.29 is 4.42 Å². The van der Waals surface area contributed by atoms with E-state index in [1.165, 1.54) is 0 Å². The predicted octanol–water partition coefficient (Wildman–Crippen LogP) is 1.63. The molecule has 4 heteroatoms. The first-order valence-corrected chi connectivity index (χ1v) is 4.86. The second-order valence-corrected chi connectivity index (χ2v) is 3.57. The number of furan rings is 1. The maximum Gasteiger partial charge on any atom is 0.162 e. The van der Waals surface area contributed by atoms with Gasteiger partial charge >= 0.3 is 0 Å². The van der Waals surface area contributed by atoms with Gasteiger partial charge in [0.05, 0.1) is 11.8 Å². The monoisotopic (exact) mass is 203 g/mol. The number of aromatic nitrogens is 2. The Hall–Kier alpha value is -1.68. The van der Waals surface area contributed by atoms with Crippen LogP contribution in [0.25, 0.3) is 11.4 Å². The van der Waals surface area contributed by atoms with Crippen LogP contribution >= 0.6 is 0 Å². The molecule has 15 heavy (non-hydrogen) atoms. The summed E-state index contributed by atoms with van der Waals surface area (Å²) in [7, 11) is 0. The largest absolute Gasteiger partial charge is 0.472 e. The molecule has 0 amide bonds. The Balaban J connectivity index is 2.27. The topological polar surface area (TPSA) is 64.9 Å². The molecular formula is C11H13N3O. The highest BCUT2D eigenvalue weighted by Gasteiger charge is 2.05. The Morgan fingerprint density at radius 1 is 1.47 bits per heavy atom. The van der Waals surface area contributed by atoms with Crippen LogP contribution in [0.15, 0.2) is 35.3 Å². The van der Waals surface area contributed by atoms with E-state index in [0.717, 1.165) is 17.7 Å². The van der Waals surface area contributed by atoms with Crippen LogP contribution in [0.5, 0.6) is 0 Å². The maximum atomic E-state index is 5.71. The highest BCUT2D eigenvalue weighted by Crippen LogP contribution is 2.14. The first-order valence-electron chi connectivity index (χ1n) is 4.86. The molecule has 4 nitrogen and oxygen atoms in total. The summed E-state index contributed by atoms with van der Waals surface area (Å²) < 4.78 is 4.99. The summed E-state index contributed by atoms with van der Waals surface area (Å²) in [6.45, 7) is 1.96. The standard InChI is InChI=1S/C11H13N3O/c1-8(12)6-10-2-4-13-11(14-10)9-3-5-15-7-9/h2-5,7-8H,6,12H2,1H3. The minimum Gasteiger partial charge on any atom is -0.472 e. The molecule has 0 saturated heterocycles. The lowest BCUT2D eigenvalue weighted by Gasteiger charge is -2.04. The van der Waals surface area contributed by atoms with Crippen molar-refractivity contribution in [2.75, 3.05) is 0 Å². The smallest absolute Gasteiger partial charge is 0.162 e. The van der Waals surface area contributed by atoms with Gasteiger partial charge in [-0.2, -0.15) is 0 Å². The summed E-state index contributed by atoms with van der Waals surface area (Å²) >= 11 is 0. The molecule has 2 rings (SSSR count). The van der Waals surface area contributed by atoms with Crippen LogP contribution in [0.3, 0.4) is 0 Å². The molecule has 2 heterocycles. The third-order valence-electron chi connectivity index (χ3n) is 2.02. The van der Waals surface area contributed by atoms with E-state index in [2.05, 4.69) is 9.97 Å². The SMILES string of the molecule is CC(N)Cc1ccnc(-c2ccoc2)n1. The van der Waals surface area contributed by atoms with Crippen molar-refractivity contribution in [1.29, 1.82) is 0 Å². The third kappa shape index (κ3) is 2.41. The molecule has 0 radical (unpaired) electrons. The minimum atomic E-state index is 0.108. The lowest BCUT2D eigenvalue weighted by Crippen LogP contribution is -2.18. The molecule has 0 aliphatic rings. The maximum absolute atomic E-state index is 5.71. The summed E-state index contributed by atoms with van der Waals surface area (Å²) in [6.07, 6.45) is 5.74. The van der Waals surface area contributed by atoms with E-state index < -0.39 is 0 Å². The van der Waals surface area contributed by atoms with Crippen molar-refractivity contribution in [1.82, 2.24) is 9.97 Å². The summed E-state index contributed by atoms with van der Waals surface area (Å²) in [4.78, 5) is 8.58. The number of rotatable bonds is 3. The van der Waals surface area contributed by atoms with E-state index >= 15 is 0 Å². The van der Waals surface area contributed by atoms with Crippen molar-refractivity contribution in [3.8, 4) is 11.4 Å². The lowest BCUT2D eigenvalue weighted by atomic mass is 10.2. The average molecular weight is 203 g/mol. The van der Waals surface area contributed by atoms with Gasteiger partial charge < -0.3 is 10.2 Å². The van der Waals surface area contributed by atoms with E-state index in [4.69, 9.17) is 10.2 Å². The summed E-state index contributed by atoms with van der Waals surface area (Å²) in [5.74, 6) is 0.682. The quantitative estimate of drug-likeness (QED) is 0.823. The zero-order valence-electron chi connectivity index (χ0n) is 8.55. The first kappa shape index (κ1) is 9.86. The summed E-state index contributed by atoms with van der Waals surface area (Å²) in [5, 5.41) is 0. The van der Waals surface area contributed by atoms with Crippen LogP contribution in [0, 0.1) is 0 Å². The molecule has 0 saturated carbocycles. The summed E-state index contributed by atoms with van der Waals surface area (Å²) in [6, 6.07) is 3.83. The Labute approximate surface area is 88.2 Å². The Morgan fingerprint density at radius 2 is 2.33 bits per heavy atom. The normalized spacial score (nSPS) is 12.7. The number of nitrogens with zero attached hydrogens (tertiary/aromatic N) is 2. The number of hydrogen-bond acceptors (Lipinski definition) is 4. The molecule has 1 unspecified atom stereocenters. The molecule has 0 spiro atoms. The van der Waals surface area contributed by atoms with Crippen LogP contribution in [0.2, 0.25) is 0 Å². The lowest BCUT2D eigenvalue weighted by molar-refractivity contribution is 0.568. The predicted molar refractivity (Wildman–Crippen MR) is 57.1 cm³/mol. The molecule has 2 aromatic heterocycles. The van der Waals surface area contributed by atoms with Gasteiger partial charge in [-0.25, -0.2) is 9.97 Å². The first-order chi connectivity index (χ1) is 7.25. The van der Waals surface area contributed by atoms with Gasteiger partial charge in [0.15, 0.2) is 5.82 Å². The molecule has 2 aromatic rings. The minimum absolute atomic E-state index is 0.108. The summed E-state index contributed by atoms with van der Waals surface area (Å²) in [5.41, 5.74) is 7.56. The zero-order chi connectivity index (χ0) is 10.7. The van der Waals surface area contributed by atoms with Crippen LogP contribution in [0.1, 0.15) is 12.6 Å². The van der Waals surface area contributed by atoms with Crippen LogP contribution < -0.4 is 5.73 Å². The zero-order valence-corrected chi connectivity index (χ0v) is 8.55. The van der Waals surface area contributed by atoms with Gasteiger partial charge in [0, 0.05) is 24.4 Å². The highest BCUT2D eigenvalue weighted by atomic mass is 16.3. The van der Waals surface area contributed by atoms with Crippen LogP contribution in [-0.2, 0) is 6.42 Å². The van der Waals surface area contributed by atoms with Crippen molar-refractivity contribution in [3.63, 3.8) is 0 Å². The Morgan fingerprint density at radius 3 is 3.00 bits per heavy atom. The van der Waals surface area contributed by atoms with Gasteiger partial charge in [-0.15, -0.1) is 0 Å². The van der Waals surface area contributed by atoms with Crippen molar-refractivity contribution in [3.05, 3.63) is 36.5 Å². The van der Waals surface area contributed by atoms with Crippen LogP contribution in [-0.4, -0.2) is 16.0 Å². The van der Waals surface area contributed by atoms with Gasteiger partial charge in [0.1, 0.15) is 6.26 Å². The fourth-order valence-electron chi connectivity index (χ4n) is 1.37. The molecule has 78 valence electrons. The van der Waals surface area contributed by atoms with Gasteiger partial charge in [-0.1, -0.05) is 0 Å². The van der Waals surface area contributed by atoms with Crippen LogP contribution in [0.4, 0.5) is 0 Å². The Bertz CT molecular complexity index is 423. The molecule has 0 aromatic carbocycles. The molecule has 2 N–H and O–H groups in total. The van der Waals surface area contributed by atoms with Crippen molar-refractivity contribution in [2.24, 2.45) is 5.73 Å². The van der Waals surface area contributed by atoms with E-state index in [0.29, 0.717) is 5.82 Å². The van der Waals surface area contributed by atoms with Crippen molar-refractivity contribution >= 4 is 0 Å². The molecule has 0 bridgehead atoms. The van der Waals surface area contributed by atoms with Gasteiger partial charge in [0.2, 0.25) is 0 Å². The number of hydrogen-bond donors (Lipinski definition) is 1.